The molecule has 2 fully saturated rings. The summed E-state index contributed by atoms with van der Waals surface area (Å²) >= 11 is 1.10. The summed E-state index contributed by atoms with van der Waals surface area (Å²) in [5, 5.41) is 19.0. The maximum atomic E-state index is 11.6. The normalized spacial score (nSPS) is 23.2. The number of carbonyl (C=O) groups is 2. The number of thioether (sulfide) groups is 1. The quantitative estimate of drug-likeness (QED) is 0.641. The van der Waals surface area contributed by atoms with Gasteiger partial charge in [-0.1, -0.05) is 36.0 Å². The molecule has 1 heterocycles. The van der Waals surface area contributed by atoms with Crippen molar-refractivity contribution < 1.29 is 14.7 Å². The number of carboxylic acids is 1. The van der Waals surface area contributed by atoms with E-state index in [0.717, 1.165) is 17.3 Å². The average molecular weight is 317 g/mol. The molecule has 1 aromatic rings. The third-order valence-electron chi connectivity index (χ3n) is 3.50. The molecule has 22 heavy (non-hydrogen) atoms. The highest BCUT2D eigenvalue weighted by atomic mass is 32.2. The van der Waals surface area contributed by atoms with Crippen LogP contribution in [0.15, 0.2) is 34.5 Å². The van der Waals surface area contributed by atoms with E-state index in [1.807, 2.05) is 18.2 Å². The second-order valence-corrected chi connectivity index (χ2v) is 6.44. The van der Waals surface area contributed by atoms with E-state index >= 15 is 0 Å². The predicted octanol–water partition coefficient (Wildman–Crippen LogP) is 1.96. The first-order valence-electron chi connectivity index (χ1n) is 7.03. The van der Waals surface area contributed by atoms with Crippen molar-refractivity contribution in [3.05, 3.63) is 35.4 Å². The van der Waals surface area contributed by atoms with Crippen molar-refractivity contribution in [3.8, 4) is 0 Å². The Bertz CT molecular complexity index is 668. The van der Waals surface area contributed by atoms with Gasteiger partial charge in [-0.3, -0.25) is 9.59 Å². The summed E-state index contributed by atoms with van der Waals surface area (Å²) in [6.07, 6.45) is 3.88. The van der Waals surface area contributed by atoms with Gasteiger partial charge in [-0.2, -0.15) is 5.10 Å². The van der Waals surface area contributed by atoms with Gasteiger partial charge in [0.15, 0.2) is 5.17 Å². The molecule has 0 bridgehead atoms. The molecule has 1 aliphatic heterocycles. The van der Waals surface area contributed by atoms with Crippen LogP contribution in [0.3, 0.4) is 0 Å². The van der Waals surface area contributed by atoms with Crippen LogP contribution in [0.25, 0.3) is 0 Å². The zero-order valence-electron chi connectivity index (χ0n) is 11.7. The number of rotatable bonds is 5. The van der Waals surface area contributed by atoms with Gasteiger partial charge >= 0.3 is 5.97 Å². The lowest BCUT2D eigenvalue weighted by molar-refractivity contribution is -0.138. The van der Waals surface area contributed by atoms with Gasteiger partial charge in [0, 0.05) is 0 Å². The summed E-state index contributed by atoms with van der Waals surface area (Å²) in [4.78, 5) is 22.2. The number of hydrogen-bond donors (Lipinski definition) is 2. The van der Waals surface area contributed by atoms with Gasteiger partial charge in [-0.15, -0.1) is 5.10 Å². The Morgan fingerprint density at radius 1 is 1.41 bits per heavy atom. The fraction of sp³-hybridized carbons (Fsp3) is 0.333. The van der Waals surface area contributed by atoms with Gasteiger partial charge in [-0.25, -0.2) is 0 Å². The number of amidine groups is 1. The Morgan fingerprint density at radius 2 is 2.18 bits per heavy atom. The molecule has 2 N–H and O–H groups in total. The van der Waals surface area contributed by atoms with Gasteiger partial charge in [0.25, 0.3) is 0 Å². The number of nitrogens with zero attached hydrogens (tertiary/aromatic N) is 2. The van der Waals surface area contributed by atoms with Crippen LogP contribution in [0.2, 0.25) is 0 Å². The molecule has 1 saturated carbocycles. The Kier molecular flexibility index (Phi) is 4.24. The number of nitrogens with one attached hydrogen (secondary N) is 1. The first-order chi connectivity index (χ1) is 10.6. The lowest BCUT2D eigenvalue weighted by Gasteiger charge is -2.01. The zero-order valence-corrected chi connectivity index (χ0v) is 12.5. The molecule has 1 saturated heterocycles. The van der Waals surface area contributed by atoms with Gasteiger partial charge in [0.1, 0.15) is 5.25 Å². The van der Waals surface area contributed by atoms with Crippen LogP contribution in [-0.4, -0.2) is 33.6 Å². The van der Waals surface area contributed by atoms with Crippen molar-refractivity contribution in [3.63, 3.8) is 0 Å². The summed E-state index contributed by atoms with van der Waals surface area (Å²) in [6, 6.07) is 8.06. The van der Waals surface area contributed by atoms with E-state index in [1.165, 1.54) is 18.4 Å². The van der Waals surface area contributed by atoms with Crippen LogP contribution < -0.4 is 5.32 Å². The van der Waals surface area contributed by atoms with Crippen molar-refractivity contribution in [2.24, 2.45) is 10.2 Å². The summed E-state index contributed by atoms with van der Waals surface area (Å²) in [7, 11) is 0. The second-order valence-electron chi connectivity index (χ2n) is 5.25. The van der Waals surface area contributed by atoms with Crippen LogP contribution in [0.1, 0.15) is 36.3 Å². The molecule has 1 aromatic carbocycles. The molecule has 0 spiro atoms. The number of aliphatic carboxylic acids is 1. The minimum absolute atomic E-state index is 0.219. The summed E-state index contributed by atoms with van der Waals surface area (Å²) in [6.45, 7) is 0. The maximum absolute atomic E-state index is 11.6. The molecule has 1 aliphatic carbocycles. The predicted molar refractivity (Wildman–Crippen MR) is 85.2 cm³/mol. The molecule has 114 valence electrons. The minimum atomic E-state index is -1.00. The fourth-order valence-electron chi connectivity index (χ4n) is 2.28. The standard InChI is InChI=1S/C15H15N3O3S/c19-13(20)7-12-14(21)17-15(22-12)18-16-8-10-3-1-2-4-11(10)9-5-6-9/h1-4,8-9,12H,5-7H2,(H,19,20)(H,17,18,21). The zero-order chi connectivity index (χ0) is 15.5. The number of carbonyl (C=O) groups excluding carboxylic acids is 1. The molecule has 1 unspecified atom stereocenters. The lowest BCUT2D eigenvalue weighted by atomic mass is 10.0. The fourth-order valence-corrected chi connectivity index (χ4v) is 3.20. The molecule has 1 amide bonds. The Hall–Kier alpha value is -2.15. The minimum Gasteiger partial charge on any atom is -0.481 e. The first kappa shape index (κ1) is 14.8. The Labute approximate surface area is 131 Å². The Morgan fingerprint density at radius 3 is 2.91 bits per heavy atom. The van der Waals surface area contributed by atoms with Crippen molar-refractivity contribution >= 4 is 35.0 Å². The van der Waals surface area contributed by atoms with Crippen LogP contribution in [0.5, 0.6) is 0 Å². The largest absolute Gasteiger partial charge is 0.481 e. The van der Waals surface area contributed by atoms with E-state index in [2.05, 4.69) is 21.6 Å². The maximum Gasteiger partial charge on any atom is 0.305 e. The SMILES string of the molecule is O=C(O)CC1SC(=NN=Cc2ccccc2C2CC2)NC1=O. The molecular weight excluding hydrogens is 302 g/mol. The van der Waals surface area contributed by atoms with Crippen molar-refractivity contribution in [2.75, 3.05) is 0 Å². The smallest absolute Gasteiger partial charge is 0.305 e. The molecule has 0 aromatic heterocycles. The molecule has 6 nitrogen and oxygen atoms in total. The highest BCUT2D eigenvalue weighted by Gasteiger charge is 2.32. The highest BCUT2D eigenvalue weighted by Crippen LogP contribution is 2.41. The summed E-state index contributed by atoms with van der Waals surface area (Å²) in [5.41, 5.74) is 2.31. The molecule has 3 rings (SSSR count). The second kappa shape index (κ2) is 6.31. The van der Waals surface area contributed by atoms with Crippen molar-refractivity contribution in [1.29, 1.82) is 0 Å². The van der Waals surface area contributed by atoms with Crippen molar-refractivity contribution in [2.45, 2.75) is 30.4 Å². The Balaban J connectivity index is 1.67. The lowest BCUT2D eigenvalue weighted by Crippen LogP contribution is -2.26. The molecule has 1 atom stereocenters. The van der Waals surface area contributed by atoms with E-state index < -0.39 is 11.2 Å². The molecule has 7 heteroatoms. The van der Waals surface area contributed by atoms with E-state index in [9.17, 15) is 9.59 Å². The topological polar surface area (TPSA) is 91.1 Å². The third-order valence-corrected chi connectivity index (χ3v) is 4.57. The van der Waals surface area contributed by atoms with Crippen LogP contribution in [-0.2, 0) is 9.59 Å². The molecule has 2 aliphatic rings. The molecular formula is C15H15N3O3S. The number of amides is 1. The summed E-state index contributed by atoms with van der Waals surface area (Å²) in [5.74, 6) is -0.716. The van der Waals surface area contributed by atoms with Gasteiger partial charge in [0.2, 0.25) is 5.91 Å². The number of benzene rings is 1. The molecule has 0 radical (unpaired) electrons. The first-order valence-corrected chi connectivity index (χ1v) is 7.90. The van der Waals surface area contributed by atoms with Crippen LogP contribution >= 0.6 is 11.8 Å². The monoisotopic (exact) mass is 317 g/mol. The number of carboxylic acid groups (broad SMARTS) is 1. The van der Waals surface area contributed by atoms with Crippen LogP contribution in [0.4, 0.5) is 0 Å². The van der Waals surface area contributed by atoms with Crippen LogP contribution in [0, 0.1) is 0 Å². The number of hydrogen-bond acceptors (Lipinski definition) is 5. The van der Waals surface area contributed by atoms with E-state index in [-0.39, 0.29) is 12.3 Å². The highest BCUT2D eigenvalue weighted by molar-refractivity contribution is 8.15. The van der Waals surface area contributed by atoms with Gasteiger partial charge in [-0.05, 0) is 29.9 Å². The average Bonchev–Trinajstić information content (AvgIpc) is 3.26. The van der Waals surface area contributed by atoms with Gasteiger partial charge in [0.05, 0.1) is 12.6 Å². The van der Waals surface area contributed by atoms with Gasteiger partial charge < -0.3 is 10.4 Å². The third kappa shape index (κ3) is 3.54. The van der Waals surface area contributed by atoms with E-state index in [1.54, 1.807) is 6.21 Å². The van der Waals surface area contributed by atoms with Crippen molar-refractivity contribution in [1.82, 2.24) is 5.32 Å². The van der Waals surface area contributed by atoms with E-state index in [4.69, 9.17) is 5.11 Å². The summed E-state index contributed by atoms with van der Waals surface area (Å²) < 4.78 is 0. The van der Waals surface area contributed by atoms with E-state index in [0.29, 0.717) is 11.1 Å².